The van der Waals surface area contributed by atoms with Crippen LogP contribution in [0.2, 0.25) is 0 Å². The minimum Gasteiger partial charge on any atom is -0.390 e. The molecule has 0 saturated carbocycles. The van der Waals surface area contributed by atoms with Crippen LogP contribution in [0.5, 0.6) is 0 Å². The number of aliphatic hydroxyl groups is 1. The third kappa shape index (κ3) is 5.91. The lowest BCUT2D eigenvalue weighted by molar-refractivity contribution is -0.130. The van der Waals surface area contributed by atoms with Crippen molar-refractivity contribution < 1.29 is 14.6 Å². The summed E-state index contributed by atoms with van der Waals surface area (Å²) in [5.41, 5.74) is 0. The summed E-state index contributed by atoms with van der Waals surface area (Å²) >= 11 is 0. The van der Waals surface area contributed by atoms with Crippen LogP contribution >= 0.6 is 0 Å². The molecule has 0 aliphatic carbocycles. The van der Waals surface area contributed by atoms with Gasteiger partial charge in [-0.25, -0.2) is 0 Å². The molecule has 112 valence electrons. The molecule has 0 bridgehead atoms. The van der Waals surface area contributed by atoms with Gasteiger partial charge in [0.25, 0.3) is 5.91 Å². The maximum absolute atomic E-state index is 11.6. The van der Waals surface area contributed by atoms with Crippen LogP contribution < -0.4 is 0 Å². The van der Waals surface area contributed by atoms with Crippen molar-refractivity contribution in [2.75, 3.05) is 14.1 Å². The van der Waals surface area contributed by atoms with E-state index in [9.17, 15) is 9.90 Å². The largest absolute Gasteiger partial charge is 0.390 e. The molecule has 1 rings (SSSR count). The zero-order valence-electron chi connectivity index (χ0n) is 12.6. The van der Waals surface area contributed by atoms with Gasteiger partial charge >= 0.3 is 0 Å². The second kappa shape index (κ2) is 8.54. The van der Waals surface area contributed by atoms with Crippen LogP contribution in [0.3, 0.4) is 0 Å². The minimum atomic E-state index is -0.482. The van der Waals surface area contributed by atoms with Gasteiger partial charge in [-0.1, -0.05) is 51.9 Å². The number of amides is 1. The Bertz CT molecular complexity index is 268. The Morgan fingerprint density at radius 3 is 2.32 bits per heavy atom. The zero-order valence-corrected chi connectivity index (χ0v) is 12.6. The van der Waals surface area contributed by atoms with Crippen LogP contribution in [0.1, 0.15) is 58.3 Å². The van der Waals surface area contributed by atoms with E-state index >= 15 is 0 Å². The molecule has 1 amide bonds. The van der Waals surface area contributed by atoms with Crippen LogP contribution in [0, 0.1) is 0 Å². The molecular formula is C15H29NO3. The molecule has 3 atom stereocenters. The Balaban J connectivity index is 2.01. The molecule has 1 heterocycles. The highest BCUT2D eigenvalue weighted by Crippen LogP contribution is 2.29. The molecular weight excluding hydrogens is 242 g/mol. The van der Waals surface area contributed by atoms with E-state index in [0.29, 0.717) is 0 Å². The van der Waals surface area contributed by atoms with Gasteiger partial charge in [0, 0.05) is 14.1 Å². The number of epoxide rings is 1. The van der Waals surface area contributed by atoms with Gasteiger partial charge in [0.05, 0.1) is 6.10 Å². The van der Waals surface area contributed by atoms with E-state index in [4.69, 9.17) is 4.74 Å². The minimum absolute atomic E-state index is 0.0383. The van der Waals surface area contributed by atoms with Crippen molar-refractivity contribution in [3.63, 3.8) is 0 Å². The first-order valence-electron chi connectivity index (χ1n) is 7.62. The highest BCUT2D eigenvalue weighted by molar-refractivity contribution is 5.83. The number of carbonyl (C=O) groups excluding carboxylic acids is 1. The van der Waals surface area contributed by atoms with E-state index in [1.165, 1.54) is 43.4 Å². The van der Waals surface area contributed by atoms with Gasteiger partial charge in [0.2, 0.25) is 0 Å². The molecule has 1 unspecified atom stereocenters. The monoisotopic (exact) mass is 271 g/mol. The lowest BCUT2D eigenvalue weighted by atomic mass is 10.0. The second-order valence-electron chi connectivity index (χ2n) is 5.73. The molecule has 1 N–H and O–H groups in total. The summed E-state index contributed by atoms with van der Waals surface area (Å²) in [4.78, 5) is 13.1. The highest BCUT2D eigenvalue weighted by atomic mass is 16.6. The first-order valence-corrected chi connectivity index (χ1v) is 7.62. The fourth-order valence-electron chi connectivity index (χ4n) is 2.34. The van der Waals surface area contributed by atoms with Gasteiger partial charge in [0.15, 0.2) is 6.10 Å². The number of aliphatic hydroxyl groups excluding tert-OH is 1. The lowest BCUT2D eigenvalue weighted by Gasteiger charge is -2.09. The average molecular weight is 271 g/mol. The molecule has 0 aromatic heterocycles. The summed E-state index contributed by atoms with van der Waals surface area (Å²) in [7, 11) is 3.42. The Kier molecular flexibility index (Phi) is 7.39. The summed E-state index contributed by atoms with van der Waals surface area (Å²) in [5.74, 6) is -0.0383. The van der Waals surface area contributed by atoms with E-state index in [1.807, 2.05) is 0 Å². The first kappa shape index (κ1) is 16.4. The topological polar surface area (TPSA) is 53.1 Å². The van der Waals surface area contributed by atoms with Gasteiger partial charge < -0.3 is 14.7 Å². The molecule has 1 fully saturated rings. The van der Waals surface area contributed by atoms with E-state index in [0.717, 1.165) is 12.8 Å². The van der Waals surface area contributed by atoms with Crippen molar-refractivity contribution in [2.24, 2.45) is 0 Å². The van der Waals surface area contributed by atoms with Gasteiger partial charge in [-0.05, 0) is 6.42 Å². The third-order valence-corrected chi connectivity index (χ3v) is 3.69. The predicted octanol–water partition coefficient (Wildman–Crippen LogP) is 2.34. The molecule has 19 heavy (non-hydrogen) atoms. The molecule has 1 aliphatic rings. The van der Waals surface area contributed by atoms with Crippen molar-refractivity contribution in [3.05, 3.63) is 0 Å². The normalized spacial score (nSPS) is 23.2. The van der Waals surface area contributed by atoms with Crippen molar-refractivity contribution >= 4 is 5.91 Å². The Morgan fingerprint density at radius 1 is 1.16 bits per heavy atom. The number of likely N-dealkylation sites (N-methyl/N-ethyl adjacent to an activating group) is 1. The predicted molar refractivity (Wildman–Crippen MR) is 76.0 cm³/mol. The third-order valence-electron chi connectivity index (χ3n) is 3.69. The van der Waals surface area contributed by atoms with Crippen molar-refractivity contribution in [1.82, 2.24) is 4.90 Å². The van der Waals surface area contributed by atoms with Crippen LogP contribution in [-0.4, -0.2) is 48.3 Å². The fourth-order valence-corrected chi connectivity index (χ4v) is 2.34. The molecule has 0 aromatic carbocycles. The standard InChI is InChI=1S/C15H29NO3/c1-4-5-6-7-8-9-10-11-12(17)13-14(19-13)15(18)16(2)3/h12-14,17H,4-11H2,1-3H3/t12?,13-,14-/m0/s1. The maximum Gasteiger partial charge on any atom is 0.254 e. The molecule has 1 saturated heterocycles. The SMILES string of the molecule is CCCCCCCCCC(O)[C@@H]1O[C@@H]1C(=O)N(C)C. The molecule has 4 heteroatoms. The van der Waals surface area contributed by atoms with Gasteiger partial charge in [-0.3, -0.25) is 4.79 Å². The van der Waals surface area contributed by atoms with Crippen molar-refractivity contribution in [1.29, 1.82) is 0 Å². The number of unbranched alkanes of at least 4 members (excludes halogenated alkanes) is 6. The first-order chi connectivity index (χ1) is 9.07. The molecule has 0 spiro atoms. The number of ether oxygens (including phenoxy) is 1. The Labute approximate surface area is 117 Å². The highest BCUT2D eigenvalue weighted by Gasteiger charge is 2.49. The Morgan fingerprint density at radius 2 is 1.74 bits per heavy atom. The average Bonchev–Trinajstić information content (AvgIpc) is 3.16. The summed E-state index contributed by atoms with van der Waals surface area (Å²) in [6, 6.07) is 0. The van der Waals surface area contributed by atoms with Crippen LogP contribution in [0.4, 0.5) is 0 Å². The summed E-state index contributed by atoms with van der Waals surface area (Å²) in [5, 5.41) is 9.94. The summed E-state index contributed by atoms with van der Waals surface area (Å²) in [6.07, 6.45) is 8.25. The second-order valence-corrected chi connectivity index (χ2v) is 5.73. The van der Waals surface area contributed by atoms with Crippen LogP contribution in [0.15, 0.2) is 0 Å². The van der Waals surface area contributed by atoms with E-state index in [1.54, 1.807) is 14.1 Å². The van der Waals surface area contributed by atoms with Gasteiger partial charge in [-0.2, -0.15) is 0 Å². The number of carbonyl (C=O) groups is 1. The molecule has 4 nitrogen and oxygen atoms in total. The van der Waals surface area contributed by atoms with Gasteiger partial charge in [-0.15, -0.1) is 0 Å². The quantitative estimate of drug-likeness (QED) is 0.490. The van der Waals surface area contributed by atoms with Crippen molar-refractivity contribution in [3.8, 4) is 0 Å². The zero-order chi connectivity index (χ0) is 14.3. The summed E-state index contributed by atoms with van der Waals surface area (Å²) < 4.78 is 5.27. The Hall–Kier alpha value is -0.610. The molecule has 1 aliphatic heterocycles. The van der Waals surface area contributed by atoms with Crippen LogP contribution in [-0.2, 0) is 9.53 Å². The molecule has 0 radical (unpaired) electrons. The maximum atomic E-state index is 11.6. The molecule has 0 aromatic rings. The van der Waals surface area contributed by atoms with Crippen LogP contribution in [0.25, 0.3) is 0 Å². The number of hydrogen-bond donors (Lipinski definition) is 1. The summed E-state index contributed by atoms with van der Waals surface area (Å²) in [6.45, 7) is 2.22. The number of nitrogens with zero attached hydrogens (tertiary/aromatic N) is 1. The van der Waals surface area contributed by atoms with E-state index in [2.05, 4.69) is 6.92 Å². The van der Waals surface area contributed by atoms with E-state index < -0.39 is 12.2 Å². The number of rotatable bonds is 10. The number of hydrogen-bond acceptors (Lipinski definition) is 3. The van der Waals surface area contributed by atoms with Crippen molar-refractivity contribution in [2.45, 2.75) is 76.6 Å². The fraction of sp³-hybridized carbons (Fsp3) is 0.933. The van der Waals surface area contributed by atoms with E-state index in [-0.39, 0.29) is 12.0 Å². The smallest absolute Gasteiger partial charge is 0.254 e. The lowest BCUT2D eigenvalue weighted by Crippen LogP contribution is -2.30. The van der Waals surface area contributed by atoms with Gasteiger partial charge in [0.1, 0.15) is 6.10 Å².